The number of thiazole rings is 1. The van der Waals surface area contributed by atoms with Crippen LogP contribution in [0.2, 0.25) is 0 Å². The third-order valence-corrected chi connectivity index (χ3v) is 5.96. The van der Waals surface area contributed by atoms with E-state index in [1.165, 1.54) is 11.3 Å². The molecule has 2 aliphatic heterocycles. The molecule has 7 nitrogen and oxygen atoms in total. The van der Waals surface area contributed by atoms with Gasteiger partial charge in [0.1, 0.15) is 6.10 Å². The van der Waals surface area contributed by atoms with Gasteiger partial charge in [-0.25, -0.2) is 4.98 Å². The first-order valence-corrected chi connectivity index (χ1v) is 10.4. The predicted octanol–water partition coefficient (Wildman–Crippen LogP) is 2.57. The molecule has 1 atom stereocenters. The van der Waals surface area contributed by atoms with Crippen molar-refractivity contribution >= 4 is 34.0 Å². The summed E-state index contributed by atoms with van der Waals surface area (Å²) in [6, 6.07) is 7.78. The van der Waals surface area contributed by atoms with Crippen molar-refractivity contribution in [1.29, 1.82) is 0 Å². The minimum Gasteiger partial charge on any atom is -0.368 e. The number of nitrogens with zero attached hydrogens (tertiary/aromatic N) is 2. The number of carbonyl (C=O) groups is 2. The lowest BCUT2D eigenvalue weighted by molar-refractivity contribution is -0.124. The van der Waals surface area contributed by atoms with Gasteiger partial charge in [0.2, 0.25) is 5.91 Å². The number of hydrogen-bond acceptors (Lipinski definition) is 6. The predicted molar refractivity (Wildman–Crippen MR) is 109 cm³/mol. The highest BCUT2D eigenvalue weighted by Gasteiger charge is 2.26. The lowest BCUT2D eigenvalue weighted by Gasteiger charge is -2.25. The number of aryl methyl sites for hydroxylation is 1. The van der Waals surface area contributed by atoms with Gasteiger partial charge >= 0.3 is 0 Å². The highest BCUT2D eigenvalue weighted by molar-refractivity contribution is 7.15. The summed E-state index contributed by atoms with van der Waals surface area (Å²) in [5.41, 5.74) is 2.99. The van der Waals surface area contributed by atoms with Crippen LogP contribution in [0.15, 0.2) is 24.3 Å². The summed E-state index contributed by atoms with van der Waals surface area (Å²) in [6.07, 6.45) is 2.11. The van der Waals surface area contributed by atoms with Crippen molar-refractivity contribution in [3.8, 4) is 0 Å². The van der Waals surface area contributed by atoms with Crippen LogP contribution in [0.5, 0.6) is 0 Å². The summed E-state index contributed by atoms with van der Waals surface area (Å²) in [7, 11) is 0. The smallest absolute Gasteiger partial charge is 0.255 e. The van der Waals surface area contributed by atoms with E-state index < -0.39 is 0 Å². The Kier molecular flexibility index (Phi) is 5.70. The maximum atomic E-state index is 12.3. The molecule has 1 aromatic heterocycles. The molecule has 2 aromatic rings. The van der Waals surface area contributed by atoms with E-state index in [9.17, 15) is 9.59 Å². The Morgan fingerprint density at radius 1 is 1.29 bits per heavy atom. The van der Waals surface area contributed by atoms with Crippen LogP contribution in [0.1, 0.15) is 29.0 Å². The van der Waals surface area contributed by atoms with E-state index >= 15 is 0 Å². The third kappa shape index (κ3) is 4.57. The van der Waals surface area contributed by atoms with Crippen molar-refractivity contribution in [1.82, 2.24) is 9.88 Å². The van der Waals surface area contributed by atoms with Crippen LogP contribution in [0, 0.1) is 6.92 Å². The van der Waals surface area contributed by atoms with Crippen molar-refractivity contribution in [3.63, 3.8) is 0 Å². The minimum atomic E-state index is -0.358. The van der Waals surface area contributed by atoms with Crippen LogP contribution < -0.4 is 10.6 Å². The number of ether oxygens (including phenoxy) is 1. The second-order valence-electron chi connectivity index (χ2n) is 7.25. The molecule has 1 aromatic carbocycles. The Labute approximate surface area is 168 Å². The van der Waals surface area contributed by atoms with Gasteiger partial charge in [-0.3, -0.25) is 19.8 Å². The van der Waals surface area contributed by atoms with Gasteiger partial charge < -0.3 is 10.1 Å². The summed E-state index contributed by atoms with van der Waals surface area (Å²) in [5, 5.41) is 6.44. The van der Waals surface area contributed by atoms with Crippen molar-refractivity contribution in [2.75, 3.05) is 30.3 Å². The van der Waals surface area contributed by atoms with Crippen molar-refractivity contribution in [3.05, 3.63) is 40.4 Å². The maximum absolute atomic E-state index is 12.3. The molecule has 2 aliphatic rings. The Bertz CT molecular complexity index is 859. The monoisotopic (exact) mass is 400 g/mol. The molecule has 8 heteroatoms. The summed E-state index contributed by atoms with van der Waals surface area (Å²) in [6.45, 7) is 4.44. The zero-order valence-corrected chi connectivity index (χ0v) is 16.7. The molecule has 0 bridgehead atoms. The van der Waals surface area contributed by atoms with E-state index in [0.717, 1.165) is 47.6 Å². The number of rotatable bonds is 5. The van der Waals surface area contributed by atoms with Crippen LogP contribution in [-0.2, 0) is 27.3 Å². The van der Waals surface area contributed by atoms with Crippen LogP contribution in [-0.4, -0.2) is 47.5 Å². The Morgan fingerprint density at radius 2 is 2.11 bits per heavy atom. The molecule has 28 heavy (non-hydrogen) atoms. The lowest BCUT2D eigenvalue weighted by Crippen LogP contribution is -2.36. The van der Waals surface area contributed by atoms with Gasteiger partial charge in [0.05, 0.1) is 12.2 Å². The topological polar surface area (TPSA) is 83.6 Å². The molecule has 148 valence electrons. The molecule has 1 saturated heterocycles. The largest absolute Gasteiger partial charge is 0.368 e. The molecule has 1 unspecified atom stereocenters. The van der Waals surface area contributed by atoms with Gasteiger partial charge in [0, 0.05) is 36.7 Å². The van der Waals surface area contributed by atoms with Crippen molar-refractivity contribution in [2.24, 2.45) is 0 Å². The fourth-order valence-corrected chi connectivity index (χ4v) is 4.50. The maximum Gasteiger partial charge on any atom is 0.255 e. The van der Waals surface area contributed by atoms with Crippen LogP contribution >= 0.6 is 11.3 Å². The molecule has 0 spiro atoms. The molecule has 1 fully saturated rings. The van der Waals surface area contributed by atoms with E-state index in [2.05, 4.69) is 20.5 Å². The first-order valence-electron chi connectivity index (χ1n) is 9.57. The summed E-state index contributed by atoms with van der Waals surface area (Å²) in [5.74, 6) is -0.137. The van der Waals surface area contributed by atoms with Gasteiger partial charge in [0.15, 0.2) is 5.13 Å². The van der Waals surface area contributed by atoms with Gasteiger partial charge in [-0.15, -0.1) is 11.3 Å². The fourth-order valence-electron chi connectivity index (χ4n) is 3.45. The number of nitrogens with one attached hydrogen (secondary N) is 2. The molecule has 3 heterocycles. The molecule has 2 N–H and O–H groups in total. The normalized spacial score (nSPS) is 19.2. The second-order valence-corrected chi connectivity index (χ2v) is 8.34. The Morgan fingerprint density at radius 3 is 2.86 bits per heavy atom. The fraction of sp³-hybridized carbons (Fsp3) is 0.450. The number of fused-ring (bicyclic) bond motifs is 1. The third-order valence-electron chi connectivity index (χ3n) is 4.97. The minimum absolute atomic E-state index is 0.0243. The average Bonchev–Trinajstić information content (AvgIpc) is 3.32. The number of hydrogen-bond donors (Lipinski definition) is 2. The summed E-state index contributed by atoms with van der Waals surface area (Å²) in [4.78, 5) is 32.3. The molecule has 0 radical (unpaired) electrons. The summed E-state index contributed by atoms with van der Waals surface area (Å²) < 4.78 is 5.42. The van der Waals surface area contributed by atoms with Crippen LogP contribution in [0.4, 0.5) is 10.8 Å². The number of carbonyl (C=O) groups excluding carboxylic acids is 2. The van der Waals surface area contributed by atoms with Crippen molar-refractivity contribution in [2.45, 2.75) is 38.8 Å². The van der Waals surface area contributed by atoms with E-state index in [-0.39, 0.29) is 17.9 Å². The molecular weight excluding hydrogens is 376 g/mol. The molecule has 2 amide bonds. The number of anilines is 2. The lowest BCUT2D eigenvalue weighted by atomic mass is 10.2. The quantitative estimate of drug-likeness (QED) is 0.806. The zero-order valence-electron chi connectivity index (χ0n) is 15.9. The highest BCUT2D eigenvalue weighted by Crippen LogP contribution is 2.29. The Balaban J connectivity index is 1.31. The van der Waals surface area contributed by atoms with E-state index in [0.29, 0.717) is 24.8 Å². The summed E-state index contributed by atoms with van der Waals surface area (Å²) >= 11 is 1.49. The van der Waals surface area contributed by atoms with Gasteiger partial charge in [-0.05, 0) is 31.9 Å². The highest BCUT2D eigenvalue weighted by atomic mass is 32.1. The number of aromatic nitrogens is 1. The Hall–Kier alpha value is -2.29. The number of amides is 2. The first-order chi connectivity index (χ1) is 13.6. The van der Waals surface area contributed by atoms with Crippen LogP contribution in [0.25, 0.3) is 0 Å². The standard InChI is InChI=1S/C20H24N4O3S/c1-13-4-6-14(7-5-13)21-18(25)12-24-9-8-15-17(11-24)28-20(22-15)23-19(26)16-3-2-10-27-16/h4-7,16H,2-3,8-12H2,1H3,(H,21,25)(H,22,23,26). The van der Waals surface area contributed by atoms with Gasteiger partial charge in [0.25, 0.3) is 5.91 Å². The second kappa shape index (κ2) is 8.38. The number of benzene rings is 1. The SMILES string of the molecule is Cc1ccc(NC(=O)CN2CCc3nc(NC(=O)C4CCCO4)sc3C2)cc1. The van der Waals surface area contributed by atoms with Gasteiger partial charge in [-0.1, -0.05) is 17.7 Å². The molecular formula is C20H24N4O3S. The van der Waals surface area contributed by atoms with E-state index in [1.54, 1.807) is 0 Å². The molecule has 0 aliphatic carbocycles. The van der Waals surface area contributed by atoms with E-state index in [1.807, 2.05) is 31.2 Å². The zero-order chi connectivity index (χ0) is 19.5. The average molecular weight is 401 g/mol. The van der Waals surface area contributed by atoms with Gasteiger partial charge in [-0.2, -0.15) is 0 Å². The van der Waals surface area contributed by atoms with Crippen molar-refractivity contribution < 1.29 is 14.3 Å². The molecule has 0 saturated carbocycles. The van der Waals surface area contributed by atoms with E-state index in [4.69, 9.17) is 4.74 Å². The van der Waals surface area contributed by atoms with Crippen LogP contribution in [0.3, 0.4) is 0 Å². The first kappa shape index (κ1) is 19.0. The molecule has 4 rings (SSSR count).